The molecule has 0 bridgehead atoms. The molecule has 5 rings (SSSR count). The van der Waals surface area contributed by atoms with E-state index < -0.39 is 17.9 Å². The summed E-state index contributed by atoms with van der Waals surface area (Å²) in [4.78, 5) is 32.2. The van der Waals surface area contributed by atoms with Gasteiger partial charge >= 0.3 is 11.9 Å². The van der Waals surface area contributed by atoms with E-state index in [1.807, 2.05) is 84.9 Å². The lowest BCUT2D eigenvalue weighted by molar-refractivity contribution is -0.139. The van der Waals surface area contributed by atoms with Crippen LogP contribution in [-0.2, 0) is 19.1 Å². The Hall–Kier alpha value is -4.91. The molecule has 1 heterocycles. The maximum absolute atomic E-state index is 13.5. The van der Waals surface area contributed by atoms with Crippen LogP contribution in [0.2, 0.25) is 0 Å². The van der Waals surface area contributed by atoms with Crippen LogP contribution in [0.4, 0.5) is 5.69 Å². The van der Waals surface area contributed by atoms with E-state index in [0.717, 1.165) is 19.6 Å². The number of nitrogens with zero attached hydrogens (tertiary/aromatic N) is 2. The molecule has 4 aromatic carbocycles. The van der Waals surface area contributed by atoms with Gasteiger partial charge in [0.15, 0.2) is 0 Å². The number of esters is 2. The Labute approximate surface area is 258 Å². The third-order valence-corrected chi connectivity index (χ3v) is 8.65. The minimum absolute atomic E-state index is 0.0157. The van der Waals surface area contributed by atoms with Crippen LogP contribution in [0.1, 0.15) is 11.5 Å². The van der Waals surface area contributed by atoms with Crippen LogP contribution in [0.25, 0.3) is 0 Å². The van der Waals surface area contributed by atoms with Gasteiger partial charge in [0, 0.05) is 19.6 Å². The van der Waals surface area contributed by atoms with Crippen LogP contribution in [0.3, 0.4) is 0 Å². The van der Waals surface area contributed by atoms with Crippen LogP contribution in [0.15, 0.2) is 151 Å². The summed E-state index contributed by atoms with van der Waals surface area (Å²) in [5, 5.41) is 10.4. The fraction of sp³-hybridized carbons (Fsp3) is 0.0882. The van der Waals surface area contributed by atoms with Crippen molar-refractivity contribution in [3.63, 3.8) is 0 Å². The molecule has 0 fully saturated rings. The van der Waals surface area contributed by atoms with Crippen molar-refractivity contribution in [1.82, 2.24) is 0 Å². The number of benzene rings is 4. The van der Waals surface area contributed by atoms with Gasteiger partial charge < -0.3 is 15.2 Å². The molecule has 2 N–H and O–H groups in total. The molecule has 4 aromatic rings. The maximum Gasteiger partial charge on any atom is 0.355 e. The number of anilines is 1. The van der Waals surface area contributed by atoms with Crippen molar-refractivity contribution in [2.24, 2.45) is 5.73 Å². The van der Waals surface area contributed by atoms with Gasteiger partial charge in [-0.15, -0.1) is 0 Å². The van der Waals surface area contributed by atoms with Gasteiger partial charge in [-0.3, -0.25) is 4.90 Å². The molecule has 214 valence electrons. The fourth-order valence-electron chi connectivity index (χ4n) is 4.83. The van der Waals surface area contributed by atoms with E-state index in [1.165, 1.54) is 42.6 Å². The number of nitriles is 1. The molecule has 1 aliphatic heterocycles. The number of allylic oxidation sites excluding steroid dienone is 1. The lowest BCUT2D eigenvalue weighted by Gasteiger charge is -2.36. The molecule has 9 heteroatoms. The standard InChI is InChI=1S/C34H27N3O4S2/c1-40-33(38)30-29(22-12-6-3-7-13-22)28(21-35)32(36)37(31(30)34(39)41-2)23-18-26(42-24-14-8-4-9-15-24)20-27(19-23)43-25-16-10-5-11-17-25/h3-20,29H,36H2,1-2H3. The Balaban J connectivity index is 1.76. The molecule has 0 saturated carbocycles. The van der Waals surface area contributed by atoms with Gasteiger partial charge in [-0.25, -0.2) is 9.59 Å². The summed E-state index contributed by atoms with van der Waals surface area (Å²) < 4.78 is 10.4. The zero-order valence-corrected chi connectivity index (χ0v) is 25.0. The lowest BCUT2D eigenvalue weighted by atomic mass is 9.81. The molecule has 43 heavy (non-hydrogen) atoms. The van der Waals surface area contributed by atoms with Gasteiger partial charge in [0.25, 0.3) is 0 Å². The molecule has 1 aliphatic rings. The van der Waals surface area contributed by atoms with Crippen molar-refractivity contribution in [2.75, 3.05) is 19.1 Å². The number of carbonyl (C=O) groups is 2. The minimum atomic E-state index is -0.941. The van der Waals surface area contributed by atoms with E-state index in [1.54, 1.807) is 24.3 Å². The first-order valence-electron chi connectivity index (χ1n) is 13.2. The van der Waals surface area contributed by atoms with E-state index in [-0.39, 0.29) is 22.7 Å². The third kappa shape index (κ3) is 6.31. The molecule has 0 radical (unpaired) electrons. The van der Waals surface area contributed by atoms with Gasteiger partial charge in [0.2, 0.25) is 0 Å². The first kappa shape index (κ1) is 29.6. The molecule has 1 atom stereocenters. The third-order valence-electron chi connectivity index (χ3n) is 6.69. The quantitative estimate of drug-likeness (QED) is 0.215. The van der Waals surface area contributed by atoms with E-state index in [4.69, 9.17) is 15.2 Å². The highest BCUT2D eigenvalue weighted by Crippen LogP contribution is 2.45. The summed E-state index contributed by atoms with van der Waals surface area (Å²) in [6, 6.07) is 36.7. The lowest BCUT2D eigenvalue weighted by Crippen LogP contribution is -2.40. The summed E-state index contributed by atoms with van der Waals surface area (Å²) in [6.45, 7) is 0. The highest BCUT2D eigenvalue weighted by molar-refractivity contribution is 8.00. The molecule has 0 aromatic heterocycles. The highest BCUT2D eigenvalue weighted by atomic mass is 32.2. The van der Waals surface area contributed by atoms with Crippen LogP contribution in [-0.4, -0.2) is 26.2 Å². The van der Waals surface area contributed by atoms with Crippen molar-refractivity contribution < 1.29 is 19.1 Å². The van der Waals surface area contributed by atoms with Crippen molar-refractivity contribution >= 4 is 41.1 Å². The van der Waals surface area contributed by atoms with Gasteiger partial charge in [-0.05, 0) is 48.0 Å². The van der Waals surface area contributed by atoms with E-state index >= 15 is 0 Å². The average Bonchev–Trinajstić information content (AvgIpc) is 3.04. The van der Waals surface area contributed by atoms with Crippen molar-refractivity contribution in [1.29, 1.82) is 5.26 Å². The zero-order chi connectivity index (χ0) is 30.3. The minimum Gasteiger partial charge on any atom is -0.466 e. The molecule has 0 spiro atoms. The summed E-state index contributed by atoms with van der Waals surface area (Å²) >= 11 is 3.07. The number of methoxy groups -OCH3 is 2. The number of ether oxygens (including phenoxy) is 2. The molecule has 0 saturated heterocycles. The van der Waals surface area contributed by atoms with Gasteiger partial charge in [-0.2, -0.15) is 5.26 Å². The molecular formula is C34H27N3O4S2. The highest BCUT2D eigenvalue weighted by Gasteiger charge is 2.43. The van der Waals surface area contributed by atoms with Crippen molar-refractivity contribution in [2.45, 2.75) is 25.5 Å². The smallest absolute Gasteiger partial charge is 0.355 e. The number of hydrogen-bond donors (Lipinski definition) is 1. The van der Waals surface area contributed by atoms with E-state index in [9.17, 15) is 14.9 Å². The largest absolute Gasteiger partial charge is 0.466 e. The maximum atomic E-state index is 13.5. The van der Waals surface area contributed by atoms with E-state index in [0.29, 0.717) is 11.3 Å². The molecule has 7 nitrogen and oxygen atoms in total. The normalized spacial score (nSPS) is 14.7. The first-order chi connectivity index (χ1) is 20.9. The summed E-state index contributed by atoms with van der Waals surface area (Å²) in [6.07, 6.45) is 0. The molecule has 0 amide bonds. The van der Waals surface area contributed by atoms with Crippen molar-refractivity contribution in [3.8, 4) is 6.07 Å². The van der Waals surface area contributed by atoms with Gasteiger partial charge in [0.1, 0.15) is 11.5 Å². The van der Waals surface area contributed by atoms with Crippen molar-refractivity contribution in [3.05, 3.63) is 137 Å². The predicted molar refractivity (Wildman–Crippen MR) is 167 cm³/mol. The topological polar surface area (TPSA) is 106 Å². The first-order valence-corrected chi connectivity index (χ1v) is 14.8. The second-order valence-electron chi connectivity index (χ2n) is 9.33. The SMILES string of the molecule is COC(=O)C1=C(C(=O)OC)N(c2cc(Sc3ccccc3)cc(Sc3ccccc3)c2)C(N)=C(C#N)C1c1ccccc1. The summed E-state index contributed by atoms with van der Waals surface area (Å²) in [7, 11) is 2.47. The number of nitrogens with two attached hydrogens (primary N) is 1. The summed E-state index contributed by atoms with van der Waals surface area (Å²) in [5.74, 6) is -2.49. The second kappa shape index (κ2) is 13.4. The van der Waals surface area contributed by atoms with Gasteiger partial charge in [0.05, 0.1) is 43.0 Å². The van der Waals surface area contributed by atoms with E-state index in [2.05, 4.69) is 6.07 Å². The van der Waals surface area contributed by atoms with Gasteiger partial charge in [-0.1, -0.05) is 90.3 Å². The van der Waals surface area contributed by atoms with Crippen LogP contribution in [0.5, 0.6) is 0 Å². The Morgan fingerprint density at radius 2 is 1.23 bits per heavy atom. The fourth-order valence-corrected chi connectivity index (χ4v) is 6.77. The number of hydrogen-bond acceptors (Lipinski definition) is 9. The molecular weight excluding hydrogens is 579 g/mol. The Kier molecular flexibility index (Phi) is 9.20. The summed E-state index contributed by atoms with van der Waals surface area (Å²) in [5.41, 5.74) is 7.81. The average molecular weight is 606 g/mol. The van der Waals surface area contributed by atoms with Crippen LogP contribution >= 0.6 is 23.5 Å². The van der Waals surface area contributed by atoms with Crippen LogP contribution < -0.4 is 10.6 Å². The zero-order valence-electron chi connectivity index (χ0n) is 23.4. The Bertz CT molecular complexity index is 1690. The second-order valence-corrected chi connectivity index (χ2v) is 11.6. The Morgan fingerprint density at radius 3 is 1.70 bits per heavy atom. The monoisotopic (exact) mass is 605 g/mol. The molecule has 1 unspecified atom stereocenters. The van der Waals surface area contributed by atoms with Crippen LogP contribution in [0, 0.1) is 11.3 Å². The number of carbonyl (C=O) groups excluding carboxylic acids is 2. The number of rotatable bonds is 8. The predicted octanol–water partition coefficient (Wildman–Crippen LogP) is 6.89. The Morgan fingerprint density at radius 1 is 0.744 bits per heavy atom. The molecule has 0 aliphatic carbocycles.